The van der Waals surface area contributed by atoms with Gasteiger partial charge in [-0.3, -0.25) is 0 Å². The second-order valence-electron chi connectivity index (χ2n) is 9.61. The number of hydrogen-bond donors (Lipinski definition) is 0. The highest BCUT2D eigenvalue weighted by Crippen LogP contribution is 2.44. The van der Waals surface area contributed by atoms with Gasteiger partial charge in [0.25, 0.3) is 0 Å². The summed E-state index contributed by atoms with van der Waals surface area (Å²) in [5.41, 5.74) is 7.29. The lowest BCUT2D eigenvalue weighted by Crippen LogP contribution is -2.10. The summed E-state index contributed by atoms with van der Waals surface area (Å²) < 4.78 is 42.3. The summed E-state index contributed by atoms with van der Waals surface area (Å²) in [4.78, 5) is 0. The lowest BCUT2D eigenvalue weighted by Gasteiger charge is -2.26. The van der Waals surface area contributed by atoms with Crippen LogP contribution < -0.4 is 0 Å². The molecule has 0 N–H and O–H groups in total. The molecule has 0 aliphatic heterocycles. The van der Waals surface area contributed by atoms with Crippen molar-refractivity contribution in [3.63, 3.8) is 0 Å². The molecule has 36 heavy (non-hydrogen) atoms. The molecule has 0 radical (unpaired) electrons. The van der Waals surface area contributed by atoms with Crippen molar-refractivity contribution >= 4 is 21.5 Å². The minimum Gasteiger partial charge on any atom is -0.0622 e. The Bertz CT molecular complexity index is 1910. The fraction of sp³-hybridized carbons (Fsp3) is 0.111. The lowest BCUT2D eigenvalue weighted by atomic mass is 9.78. The van der Waals surface area contributed by atoms with E-state index in [4.69, 9.17) is 6.85 Å². The molecule has 1 aliphatic rings. The summed E-state index contributed by atoms with van der Waals surface area (Å²) in [6.45, 7) is 0. The average Bonchev–Trinajstić information content (AvgIpc) is 3.02. The van der Waals surface area contributed by atoms with Crippen LogP contribution in [-0.2, 0) is 6.42 Å². The Balaban J connectivity index is 1.53. The third-order valence-corrected chi connectivity index (χ3v) is 7.63. The highest BCUT2D eigenvalue weighted by atomic mass is 14.3. The molecule has 7 rings (SSSR count). The Labute approximate surface area is 219 Å². The van der Waals surface area contributed by atoms with Crippen molar-refractivity contribution in [1.29, 1.82) is 0 Å². The molecule has 0 fully saturated rings. The van der Waals surface area contributed by atoms with E-state index in [1.807, 2.05) is 36.4 Å². The second kappa shape index (κ2) is 8.81. The zero-order valence-corrected chi connectivity index (χ0v) is 19.9. The number of aryl methyl sites for hydroxylation is 1. The molecule has 1 atom stereocenters. The molecule has 0 saturated heterocycles. The molecule has 0 aromatic heterocycles. The summed E-state index contributed by atoms with van der Waals surface area (Å²) in [7, 11) is 0. The van der Waals surface area contributed by atoms with Crippen LogP contribution in [0.5, 0.6) is 0 Å². The quantitative estimate of drug-likeness (QED) is 0.228. The van der Waals surface area contributed by atoms with Crippen LogP contribution in [0.4, 0.5) is 0 Å². The van der Waals surface area contributed by atoms with Gasteiger partial charge < -0.3 is 0 Å². The van der Waals surface area contributed by atoms with Gasteiger partial charge in [-0.15, -0.1) is 0 Å². The van der Waals surface area contributed by atoms with Crippen LogP contribution in [0.1, 0.15) is 42.3 Å². The number of rotatable bonds is 3. The van der Waals surface area contributed by atoms with Crippen molar-refractivity contribution in [2.24, 2.45) is 0 Å². The molecule has 0 heteroatoms. The second-order valence-corrected chi connectivity index (χ2v) is 9.61. The van der Waals surface area contributed by atoms with Gasteiger partial charge in [-0.05, 0) is 79.8 Å². The van der Waals surface area contributed by atoms with Crippen molar-refractivity contribution in [1.82, 2.24) is 0 Å². The van der Waals surface area contributed by atoms with Crippen LogP contribution in [0.2, 0.25) is 0 Å². The van der Waals surface area contributed by atoms with E-state index in [1.54, 1.807) is 0 Å². The topological polar surface area (TPSA) is 0 Å². The van der Waals surface area contributed by atoms with Gasteiger partial charge in [0.2, 0.25) is 0 Å². The molecule has 0 spiro atoms. The first kappa shape index (κ1) is 16.5. The zero-order valence-electron chi connectivity index (χ0n) is 24.9. The van der Waals surface area contributed by atoms with Crippen molar-refractivity contribution < 1.29 is 6.85 Å². The van der Waals surface area contributed by atoms with Gasteiger partial charge >= 0.3 is 0 Å². The molecule has 6 aromatic rings. The maximum absolute atomic E-state index is 8.77. The molecule has 1 unspecified atom stereocenters. The van der Waals surface area contributed by atoms with Crippen molar-refractivity contribution in [2.75, 3.05) is 0 Å². The Morgan fingerprint density at radius 3 is 1.89 bits per heavy atom. The predicted octanol–water partition coefficient (Wildman–Crippen LogP) is 9.80. The van der Waals surface area contributed by atoms with Gasteiger partial charge in [0.05, 0.1) is 6.85 Å². The average molecular weight is 466 g/mol. The van der Waals surface area contributed by atoms with Crippen LogP contribution in [0.25, 0.3) is 43.8 Å². The van der Waals surface area contributed by atoms with E-state index in [0.29, 0.717) is 11.5 Å². The Morgan fingerprint density at radius 2 is 1.19 bits per heavy atom. The summed E-state index contributed by atoms with van der Waals surface area (Å²) >= 11 is 0. The SMILES string of the molecule is [2H]c1c([2H])c([2H])c(-c2c3ccccc3c(-c3cccc(C4CCCc5ccccc54)c3)c3ccccc23)c([2H])c1[2H]. The molecule has 0 bridgehead atoms. The van der Waals surface area contributed by atoms with E-state index in [-0.39, 0.29) is 35.8 Å². The Hall–Kier alpha value is -4.16. The van der Waals surface area contributed by atoms with E-state index >= 15 is 0 Å². The van der Waals surface area contributed by atoms with Crippen LogP contribution >= 0.6 is 0 Å². The summed E-state index contributed by atoms with van der Waals surface area (Å²) in [6.07, 6.45) is 3.42. The third kappa shape index (κ3) is 3.45. The van der Waals surface area contributed by atoms with Crippen molar-refractivity contribution in [3.8, 4) is 22.3 Å². The van der Waals surface area contributed by atoms with Gasteiger partial charge in [0.1, 0.15) is 0 Å². The van der Waals surface area contributed by atoms with Gasteiger partial charge in [-0.1, -0.05) is 127 Å². The summed E-state index contributed by atoms with van der Waals surface area (Å²) in [6, 6.07) is 32.4. The maximum atomic E-state index is 8.77. The molecule has 172 valence electrons. The fourth-order valence-corrected chi connectivity index (χ4v) is 6.09. The number of fused-ring (bicyclic) bond motifs is 3. The zero-order chi connectivity index (χ0) is 28.2. The Morgan fingerprint density at radius 1 is 0.583 bits per heavy atom. The van der Waals surface area contributed by atoms with E-state index < -0.39 is 0 Å². The first-order chi connectivity index (χ1) is 20.0. The minimum atomic E-state index is -0.380. The molecule has 0 saturated carbocycles. The summed E-state index contributed by atoms with van der Waals surface area (Å²) in [5, 5.41) is 3.73. The highest BCUT2D eigenvalue weighted by Gasteiger charge is 2.22. The van der Waals surface area contributed by atoms with Crippen molar-refractivity contribution in [2.45, 2.75) is 25.2 Å². The van der Waals surface area contributed by atoms with Crippen LogP contribution in [0.15, 0.2) is 127 Å². The molecule has 0 amide bonds. The van der Waals surface area contributed by atoms with Crippen LogP contribution in [-0.4, -0.2) is 0 Å². The molecule has 6 aromatic carbocycles. The summed E-state index contributed by atoms with van der Waals surface area (Å²) in [5.74, 6) is 0.350. The van der Waals surface area contributed by atoms with Gasteiger partial charge in [0.15, 0.2) is 0 Å². The highest BCUT2D eigenvalue weighted by molar-refractivity contribution is 6.21. The van der Waals surface area contributed by atoms with E-state index in [9.17, 15) is 0 Å². The number of benzene rings is 6. The molecule has 0 heterocycles. The van der Waals surface area contributed by atoms with E-state index in [2.05, 4.69) is 60.7 Å². The monoisotopic (exact) mass is 465 g/mol. The van der Waals surface area contributed by atoms with E-state index in [0.717, 1.165) is 45.5 Å². The predicted molar refractivity (Wildman–Crippen MR) is 154 cm³/mol. The first-order valence-electron chi connectivity index (χ1n) is 15.1. The largest absolute Gasteiger partial charge is 0.0629 e. The van der Waals surface area contributed by atoms with Gasteiger partial charge in [-0.2, -0.15) is 0 Å². The third-order valence-electron chi connectivity index (χ3n) is 7.63. The van der Waals surface area contributed by atoms with Crippen molar-refractivity contribution in [3.05, 3.63) is 144 Å². The van der Waals surface area contributed by atoms with Crippen LogP contribution in [0, 0.1) is 0 Å². The molecule has 0 nitrogen and oxygen atoms in total. The minimum absolute atomic E-state index is 0.183. The molecule has 1 aliphatic carbocycles. The van der Waals surface area contributed by atoms with Crippen LogP contribution in [0.3, 0.4) is 0 Å². The maximum Gasteiger partial charge on any atom is 0.0629 e. The fourth-order valence-electron chi connectivity index (χ4n) is 6.09. The number of hydrogen-bond acceptors (Lipinski definition) is 0. The standard InChI is InChI=1S/C36H28/c1-2-13-26(14-3-1)35-31-19-6-8-21-33(31)36(34-22-9-7-20-32(34)35)28-17-10-16-27(24-28)30-23-11-15-25-12-4-5-18-29(25)30/h1-10,12-14,16-22,24,30H,11,15,23H2/i1D,2D,3D,13D,14D. The lowest BCUT2D eigenvalue weighted by molar-refractivity contribution is 0.616. The normalized spacial score (nSPS) is 17.1. The van der Waals surface area contributed by atoms with Gasteiger partial charge in [-0.25, -0.2) is 0 Å². The molecular formula is C36H28. The molecular weight excluding hydrogens is 432 g/mol. The smallest absolute Gasteiger partial charge is 0.0622 e. The van der Waals surface area contributed by atoms with Gasteiger partial charge in [0, 0.05) is 5.92 Å². The van der Waals surface area contributed by atoms with E-state index in [1.165, 1.54) is 23.1 Å². The Kier molecular flexibility index (Phi) is 4.04. The first-order valence-corrected chi connectivity index (χ1v) is 12.6.